The molecule has 6 heteroatoms. The van der Waals surface area contributed by atoms with Gasteiger partial charge in [0, 0.05) is 11.6 Å². The Balaban J connectivity index is 2.91. The van der Waals surface area contributed by atoms with Crippen molar-refractivity contribution >= 4 is 32.5 Å². The molecule has 0 fully saturated rings. The molecule has 0 saturated carbocycles. The molecule has 1 aromatic carbocycles. The minimum Gasteiger partial charge on any atom is -0.245 e. The van der Waals surface area contributed by atoms with Gasteiger partial charge in [-0.2, -0.15) is 5.26 Å². The highest BCUT2D eigenvalue weighted by Gasteiger charge is 2.16. The van der Waals surface area contributed by atoms with Crippen LogP contribution in [0.2, 0.25) is 5.02 Å². The fourth-order valence-electron chi connectivity index (χ4n) is 1.78. The SMILES string of the molecule is CS(=O)(=O)n1cc(CC#N)c2c(Cl)cccc21. The van der Waals surface area contributed by atoms with Gasteiger partial charge in [-0.25, -0.2) is 12.4 Å². The first-order valence-corrected chi connectivity index (χ1v) is 7.03. The van der Waals surface area contributed by atoms with Crippen LogP contribution in [0.1, 0.15) is 5.56 Å². The zero-order chi connectivity index (χ0) is 12.6. The van der Waals surface area contributed by atoms with Gasteiger partial charge in [-0.05, 0) is 17.7 Å². The van der Waals surface area contributed by atoms with E-state index in [1.165, 1.54) is 6.20 Å². The van der Waals surface area contributed by atoms with Crippen LogP contribution in [-0.2, 0) is 16.4 Å². The maximum absolute atomic E-state index is 11.6. The van der Waals surface area contributed by atoms with Crippen LogP contribution in [-0.4, -0.2) is 18.6 Å². The molecule has 2 aromatic rings. The Morgan fingerprint density at radius 2 is 2.18 bits per heavy atom. The van der Waals surface area contributed by atoms with Gasteiger partial charge in [-0.1, -0.05) is 17.7 Å². The van der Waals surface area contributed by atoms with E-state index in [2.05, 4.69) is 0 Å². The maximum Gasteiger partial charge on any atom is 0.236 e. The second-order valence-corrected chi connectivity index (χ2v) is 5.95. The van der Waals surface area contributed by atoms with Gasteiger partial charge in [0.2, 0.25) is 10.0 Å². The van der Waals surface area contributed by atoms with Gasteiger partial charge in [0.15, 0.2) is 0 Å². The Labute approximate surface area is 104 Å². The van der Waals surface area contributed by atoms with E-state index in [-0.39, 0.29) is 6.42 Å². The van der Waals surface area contributed by atoms with E-state index in [1.54, 1.807) is 18.2 Å². The molecule has 0 radical (unpaired) electrons. The van der Waals surface area contributed by atoms with Crippen molar-refractivity contribution in [1.29, 1.82) is 5.26 Å². The van der Waals surface area contributed by atoms with Gasteiger partial charge >= 0.3 is 0 Å². The number of nitrogens with zero attached hydrogens (tertiary/aromatic N) is 2. The first-order valence-electron chi connectivity index (χ1n) is 4.81. The molecule has 0 atom stereocenters. The van der Waals surface area contributed by atoms with E-state index in [0.717, 1.165) is 10.2 Å². The fraction of sp³-hybridized carbons (Fsp3) is 0.182. The lowest BCUT2D eigenvalue weighted by atomic mass is 10.1. The monoisotopic (exact) mass is 268 g/mol. The average molecular weight is 269 g/mol. The van der Waals surface area contributed by atoms with Crippen LogP contribution in [0.25, 0.3) is 10.9 Å². The first kappa shape index (κ1) is 12.0. The third kappa shape index (κ3) is 2.02. The molecule has 2 rings (SSSR count). The van der Waals surface area contributed by atoms with Crippen molar-refractivity contribution < 1.29 is 8.42 Å². The van der Waals surface area contributed by atoms with E-state index in [4.69, 9.17) is 16.9 Å². The summed E-state index contributed by atoms with van der Waals surface area (Å²) in [7, 11) is -3.40. The number of benzene rings is 1. The summed E-state index contributed by atoms with van der Waals surface area (Å²) in [6, 6.07) is 7.03. The largest absolute Gasteiger partial charge is 0.245 e. The molecule has 0 aliphatic carbocycles. The summed E-state index contributed by atoms with van der Waals surface area (Å²) in [5.41, 5.74) is 1.13. The molecule has 17 heavy (non-hydrogen) atoms. The maximum atomic E-state index is 11.6. The lowest BCUT2D eigenvalue weighted by Gasteiger charge is -2.01. The van der Waals surface area contributed by atoms with Gasteiger partial charge < -0.3 is 0 Å². The summed E-state index contributed by atoms with van der Waals surface area (Å²) in [5.74, 6) is 0. The van der Waals surface area contributed by atoms with Crippen molar-refractivity contribution in [2.45, 2.75) is 6.42 Å². The number of rotatable bonds is 2. The van der Waals surface area contributed by atoms with Crippen molar-refractivity contribution in [3.63, 3.8) is 0 Å². The third-order valence-corrected chi connectivity index (χ3v) is 3.78. The average Bonchev–Trinajstić information content (AvgIpc) is 2.59. The van der Waals surface area contributed by atoms with Crippen LogP contribution < -0.4 is 0 Å². The molecule has 88 valence electrons. The predicted octanol–water partition coefficient (Wildman–Crippen LogP) is 2.17. The Morgan fingerprint density at radius 3 is 2.76 bits per heavy atom. The Bertz CT molecular complexity index is 726. The number of aromatic nitrogens is 1. The number of hydrogen-bond acceptors (Lipinski definition) is 3. The first-order chi connectivity index (χ1) is 7.95. The summed E-state index contributed by atoms with van der Waals surface area (Å²) >= 11 is 6.04. The summed E-state index contributed by atoms with van der Waals surface area (Å²) in [6.45, 7) is 0. The molecule has 0 saturated heterocycles. The lowest BCUT2D eigenvalue weighted by molar-refractivity contribution is 0.595. The van der Waals surface area contributed by atoms with Crippen LogP contribution in [0.3, 0.4) is 0 Å². The van der Waals surface area contributed by atoms with E-state index < -0.39 is 10.0 Å². The normalized spacial score (nSPS) is 11.6. The van der Waals surface area contributed by atoms with Gasteiger partial charge in [0.1, 0.15) is 0 Å². The van der Waals surface area contributed by atoms with Crippen LogP contribution in [0.5, 0.6) is 0 Å². The summed E-state index contributed by atoms with van der Waals surface area (Å²) in [4.78, 5) is 0. The smallest absolute Gasteiger partial charge is 0.236 e. The second-order valence-electron chi connectivity index (χ2n) is 3.68. The van der Waals surface area contributed by atoms with Gasteiger partial charge in [-0.3, -0.25) is 0 Å². The topological polar surface area (TPSA) is 62.9 Å². The Hall–Kier alpha value is -1.51. The van der Waals surface area contributed by atoms with Crippen LogP contribution >= 0.6 is 11.6 Å². The third-order valence-electron chi connectivity index (χ3n) is 2.45. The molecule has 0 aliphatic rings. The van der Waals surface area contributed by atoms with Crippen molar-refractivity contribution in [2.75, 3.05) is 6.26 Å². The second kappa shape index (κ2) is 4.06. The summed E-state index contributed by atoms with van der Waals surface area (Å²) < 4.78 is 24.4. The highest BCUT2D eigenvalue weighted by molar-refractivity contribution is 7.89. The zero-order valence-corrected chi connectivity index (χ0v) is 10.6. The minimum absolute atomic E-state index is 0.128. The molecule has 0 spiro atoms. The van der Waals surface area contributed by atoms with E-state index in [1.807, 2.05) is 6.07 Å². The van der Waals surface area contributed by atoms with E-state index in [9.17, 15) is 8.42 Å². The van der Waals surface area contributed by atoms with Crippen LogP contribution in [0, 0.1) is 11.3 Å². The number of halogens is 1. The molecule has 1 aromatic heterocycles. The Morgan fingerprint density at radius 1 is 1.47 bits per heavy atom. The van der Waals surface area contributed by atoms with Crippen LogP contribution in [0.15, 0.2) is 24.4 Å². The van der Waals surface area contributed by atoms with Gasteiger partial charge in [-0.15, -0.1) is 0 Å². The van der Waals surface area contributed by atoms with E-state index in [0.29, 0.717) is 21.5 Å². The van der Waals surface area contributed by atoms with Crippen molar-refractivity contribution in [1.82, 2.24) is 3.97 Å². The molecule has 0 N–H and O–H groups in total. The van der Waals surface area contributed by atoms with Crippen molar-refractivity contribution in [2.24, 2.45) is 0 Å². The Kier molecular flexibility index (Phi) is 2.86. The molecule has 0 unspecified atom stereocenters. The standard InChI is InChI=1S/C11H9ClN2O2S/c1-17(15,16)14-7-8(5-6-13)11-9(12)3-2-4-10(11)14/h2-4,7H,5H2,1H3. The van der Waals surface area contributed by atoms with Crippen LogP contribution in [0.4, 0.5) is 0 Å². The fourth-order valence-corrected chi connectivity index (χ4v) is 2.90. The highest BCUT2D eigenvalue weighted by Crippen LogP contribution is 2.29. The predicted molar refractivity (Wildman–Crippen MR) is 66.5 cm³/mol. The van der Waals surface area contributed by atoms with Crippen molar-refractivity contribution in [3.8, 4) is 6.07 Å². The minimum atomic E-state index is -3.40. The quantitative estimate of drug-likeness (QED) is 0.838. The number of hydrogen-bond donors (Lipinski definition) is 0. The molecule has 0 bridgehead atoms. The lowest BCUT2D eigenvalue weighted by Crippen LogP contribution is -2.08. The van der Waals surface area contributed by atoms with Crippen molar-refractivity contribution in [3.05, 3.63) is 35.0 Å². The number of fused-ring (bicyclic) bond motifs is 1. The van der Waals surface area contributed by atoms with E-state index >= 15 is 0 Å². The van der Waals surface area contributed by atoms with Gasteiger partial charge in [0.25, 0.3) is 0 Å². The molecule has 0 aliphatic heterocycles. The van der Waals surface area contributed by atoms with Gasteiger partial charge in [0.05, 0.1) is 29.3 Å². The molecular weight excluding hydrogens is 260 g/mol. The number of nitriles is 1. The summed E-state index contributed by atoms with van der Waals surface area (Å²) in [5, 5.41) is 9.81. The molecule has 0 amide bonds. The molecule has 1 heterocycles. The summed E-state index contributed by atoms with van der Waals surface area (Å²) in [6.07, 6.45) is 2.70. The molecular formula is C11H9ClN2O2S. The highest BCUT2D eigenvalue weighted by atomic mass is 35.5. The zero-order valence-electron chi connectivity index (χ0n) is 9.01. The molecule has 4 nitrogen and oxygen atoms in total.